The summed E-state index contributed by atoms with van der Waals surface area (Å²) in [7, 11) is 0. The Kier molecular flexibility index (Phi) is 6.01. The lowest BCUT2D eigenvalue weighted by Crippen LogP contribution is -2.53. The van der Waals surface area contributed by atoms with Crippen LogP contribution in [0.25, 0.3) is 0 Å². The molecule has 0 radical (unpaired) electrons. The molecule has 5 heteroatoms. The van der Waals surface area contributed by atoms with Crippen molar-refractivity contribution >= 4 is 12.2 Å². The van der Waals surface area contributed by atoms with E-state index in [0.717, 1.165) is 25.1 Å². The first-order valence-corrected chi connectivity index (χ1v) is 6.49. The van der Waals surface area contributed by atoms with Crippen molar-refractivity contribution in [3.63, 3.8) is 0 Å². The molecule has 0 aromatic heterocycles. The van der Waals surface area contributed by atoms with Gasteiger partial charge in [-0.25, -0.2) is 0 Å². The SMILES string of the molecule is C/C=C(\CNCC)N1CCN(C(C)C=O)CC1=O. The van der Waals surface area contributed by atoms with E-state index in [2.05, 4.69) is 5.32 Å². The molecule has 1 saturated heterocycles. The molecule has 1 rings (SSSR count). The Hall–Kier alpha value is -1.20. The van der Waals surface area contributed by atoms with E-state index in [4.69, 9.17) is 0 Å². The standard InChI is InChI=1S/C13H23N3O2/c1-4-12(8-14-5-2)16-7-6-15(9-13(16)18)11(3)10-17/h4,10-11,14H,5-9H2,1-3H3/b12-4+. The second-order valence-electron chi connectivity index (χ2n) is 4.45. The molecular weight excluding hydrogens is 230 g/mol. The highest BCUT2D eigenvalue weighted by atomic mass is 16.2. The van der Waals surface area contributed by atoms with Crippen LogP contribution in [0.3, 0.4) is 0 Å². The molecule has 1 unspecified atom stereocenters. The van der Waals surface area contributed by atoms with E-state index in [1.807, 2.05) is 36.6 Å². The minimum absolute atomic E-state index is 0.0703. The summed E-state index contributed by atoms with van der Waals surface area (Å²) >= 11 is 0. The number of hydrogen-bond acceptors (Lipinski definition) is 4. The van der Waals surface area contributed by atoms with Crippen LogP contribution >= 0.6 is 0 Å². The summed E-state index contributed by atoms with van der Waals surface area (Å²) < 4.78 is 0. The van der Waals surface area contributed by atoms with Gasteiger partial charge in [-0.2, -0.15) is 0 Å². The maximum absolute atomic E-state index is 12.1. The molecule has 102 valence electrons. The molecule has 1 atom stereocenters. The third kappa shape index (κ3) is 3.65. The van der Waals surface area contributed by atoms with E-state index in [9.17, 15) is 9.59 Å². The molecule has 1 fully saturated rings. The average molecular weight is 253 g/mol. The predicted molar refractivity (Wildman–Crippen MR) is 71.1 cm³/mol. The number of piperazine rings is 1. The van der Waals surface area contributed by atoms with Gasteiger partial charge in [0, 0.05) is 25.3 Å². The van der Waals surface area contributed by atoms with Gasteiger partial charge in [0.2, 0.25) is 5.91 Å². The second-order valence-corrected chi connectivity index (χ2v) is 4.45. The Morgan fingerprint density at radius 3 is 2.72 bits per heavy atom. The van der Waals surface area contributed by atoms with Gasteiger partial charge < -0.3 is 15.0 Å². The Morgan fingerprint density at radius 1 is 1.50 bits per heavy atom. The number of amides is 1. The Bertz CT molecular complexity index is 328. The molecule has 18 heavy (non-hydrogen) atoms. The Morgan fingerprint density at radius 2 is 2.22 bits per heavy atom. The van der Waals surface area contributed by atoms with Crippen LogP contribution in [-0.4, -0.2) is 60.8 Å². The summed E-state index contributed by atoms with van der Waals surface area (Å²) in [5.74, 6) is 0.0703. The van der Waals surface area contributed by atoms with E-state index < -0.39 is 0 Å². The molecule has 0 saturated carbocycles. The first-order chi connectivity index (χ1) is 8.63. The highest BCUT2D eigenvalue weighted by Crippen LogP contribution is 2.12. The molecule has 0 aromatic carbocycles. The van der Waals surface area contributed by atoms with Crippen LogP contribution in [-0.2, 0) is 9.59 Å². The van der Waals surface area contributed by atoms with Crippen molar-refractivity contribution in [3.05, 3.63) is 11.8 Å². The zero-order valence-electron chi connectivity index (χ0n) is 11.5. The summed E-state index contributed by atoms with van der Waals surface area (Å²) in [6, 6.07) is -0.182. The third-order valence-corrected chi connectivity index (χ3v) is 3.26. The fourth-order valence-corrected chi connectivity index (χ4v) is 2.04. The number of carbonyl (C=O) groups is 2. The van der Waals surface area contributed by atoms with Gasteiger partial charge in [-0.05, 0) is 20.4 Å². The zero-order valence-corrected chi connectivity index (χ0v) is 11.5. The van der Waals surface area contributed by atoms with E-state index in [1.54, 1.807) is 0 Å². The summed E-state index contributed by atoms with van der Waals surface area (Å²) in [6.45, 7) is 9.13. The average Bonchev–Trinajstić information content (AvgIpc) is 2.40. The van der Waals surface area contributed by atoms with Gasteiger partial charge >= 0.3 is 0 Å². The van der Waals surface area contributed by atoms with Crippen LogP contribution in [0.4, 0.5) is 0 Å². The molecule has 1 aliphatic rings. The number of carbonyl (C=O) groups excluding carboxylic acids is 2. The number of nitrogens with one attached hydrogen (secondary N) is 1. The number of hydrogen-bond donors (Lipinski definition) is 1. The second kappa shape index (κ2) is 7.28. The number of aldehydes is 1. The van der Waals surface area contributed by atoms with Gasteiger partial charge in [0.1, 0.15) is 6.29 Å². The largest absolute Gasteiger partial charge is 0.313 e. The summed E-state index contributed by atoms with van der Waals surface area (Å²) in [5, 5.41) is 3.23. The molecule has 0 bridgehead atoms. The molecular formula is C13H23N3O2. The van der Waals surface area contributed by atoms with Gasteiger partial charge in [0.25, 0.3) is 0 Å². The molecule has 0 spiro atoms. The molecule has 0 aromatic rings. The topological polar surface area (TPSA) is 52.6 Å². The van der Waals surface area contributed by atoms with Crippen molar-refractivity contribution in [2.24, 2.45) is 0 Å². The first-order valence-electron chi connectivity index (χ1n) is 6.49. The number of allylic oxidation sites excluding steroid dienone is 1. The van der Waals surface area contributed by atoms with Crippen molar-refractivity contribution in [2.75, 3.05) is 32.7 Å². The highest BCUT2D eigenvalue weighted by molar-refractivity contribution is 5.81. The van der Waals surface area contributed by atoms with Crippen molar-refractivity contribution in [1.82, 2.24) is 15.1 Å². The lowest BCUT2D eigenvalue weighted by Gasteiger charge is -2.37. The van der Waals surface area contributed by atoms with Crippen LogP contribution in [0, 0.1) is 0 Å². The first kappa shape index (κ1) is 14.9. The molecule has 1 N–H and O–H groups in total. The zero-order chi connectivity index (χ0) is 13.5. The van der Waals surface area contributed by atoms with Gasteiger partial charge in [0.15, 0.2) is 0 Å². The molecule has 1 amide bonds. The summed E-state index contributed by atoms with van der Waals surface area (Å²) in [4.78, 5) is 26.5. The Balaban J connectivity index is 2.61. The van der Waals surface area contributed by atoms with Gasteiger partial charge in [-0.3, -0.25) is 9.69 Å². The normalized spacial score (nSPS) is 20.1. The minimum atomic E-state index is -0.182. The maximum Gasteiger partial charge on any atom is 0.241 e. The van der Waals surface area contributed by atoms with Gasteiger partial charge in [-0.1, -0.05) is 13.0 Å². The van der Waals surface area contributed by atoms with E-state index in [-0.39, 0.29) is 11.9 Å². The minimum Gasteiger partial charge on any atom is -0.313 e. The quantitative estimate of drug-likeness (QED) is 0.689. The lowest BCUT2D eigenvalue weighted by atomic mass is 10.2. The molecule has 5 nitrogen and oxygen atoms in total. The van der Waals surface area contributed by atoms with Crippen LogP contribution < -0.4 is 5.32 Å². The smallest absolute Gasteiger partial charge is 0.241 e. The predicted octanol–water partition coefficient (Wildman–Crippen LogP) is 0.231. The molecule has 1 aliphatic heterocycles. The fraction of sp³-hybridized carbons (Fsp3) is 0.692. The van der Waals surface area contributed by atoms with Crippen molar-refractivity contribution in [1.29, 1.82) is 0 Å². The van der Waals surface area contributed by atoms with Crippen molar-refractivity contribution in [3.8, 4) is 0 Å². The highest BCUT2D eigenvalue weighted by Gasteiger charge is 2.28. The van der Waals surface area contributed by atoms with Gasteiger partial charge in [0.05, 0.1) is 12.6 Å². The monoisotopic (exact) mass is 253 g/mol. The number of likely N-dealkylation sites (N-methyl/N-ethyl adjacent to an activating group) is 1. The van der Waals surface area contributed by atoms with Crippen molar-refractivity contribution < 1.29 is 9.59 Å². The Labute approximate surface area is 109 Å². The molecule has 0 aliphatic carbocycles. The summed E-state index contributed by atoms with van der Waals surface area (Å²) in [6.07, 6.45) is 2.86. The van der Waals surface area contributed by atoms with Crippen molar-refractivity contribution in [2.45, 2.75) is 26.8 Å². The van der Waals surface area contributed by atoms with Gasteiger partial charge in [-0.15, -0.1) is 0 Å². The number of nitrogens with zero attached hydrogens (tertiary/aromatic N) is 2. The van der Waals surface area contributed by atoms with Crippen LogP contribution in [0.15, 0.2) is 11.8 Å². The van der Waals surface area contributed by atoms with E-state index in [0.29, 0.717) is 19.6 Å². The number of rotatable bonds is 6. The summed E-state index contributed by atoms with van der Waals surface area (Å²) in [5.41, 5.74) is 1.01. The van der Waals surface area contributed by atoms with Crippen LogP contribution in [0.2, 0.25) is 0 Å². The van der Waals surface area contributed by atoms with E-state index >= 15 is 0 Å². The van der Waals surface area contributed by atoms with Crippen LogP contribution in [0.1, 0.15) is 20.8 Å². The maximum atomic E-state index is 12.1. The molecule has 1 heterocycles. The third-order valence-electron chi connectivity index (χ3n) is 3.26. The fourth-order valence-electron chi connectivity index (χ4n) is 2.04. The lowest BCUT2D eigenvalue weighted by molar-refractivity contribution is -0.135. The van der Waals surface area contributed by atoms with Crippen LogP contribution in [0.5, 0.6) is 0 Å². The van der Waals surface area contributed by atoms with E-state index in [1.165, 1.54) is 0 Å².